The van der Waals surface area contributed by atoms with Crippen molar-refractivity contribution in [3.63, 3.8) is 0 Å². The number of fused-ring (bicyclic) bond motifs is 1. The number of aromatic hydroxyl groups is 7. The number of phenolic OH excluding ortho intramolecular Hbond substituents is 7. The first kappa shape index (κ1) is 25.1. The van der Waals surface area contributed by atoms with E-state index >= 15 is 0 Å². The molecule has 37 heavy (non-hydrogen) atoms. The monoisotopic (exact) mass is 514 g/mol. The summed E-state index contributed by atoms with van der Waals surface area (Å²) in [6.07, 6.45) is -2.60. The van der Waals surface area contributed by atoms with E-state index in [1.807, 2.05) is 0 Å². The number of rotatable bonds is 5. The summed E-state index contributed by atoms with van der Waals surface area (Å²) in [6, 6.07) is 6.26. The van der Waals surface area contributed by atoms with Crippen LogP contribution in [0.1, 0.15) is 40.9 Å². The first-order valence-corrected chi connectivity index (χ1v) is 10.9. The molecule has 4 rings (SSSR count). The molecule has 0 fully saturated rings. The van der Waals surface area contributed by atoms with Crippen LogP contribution in [0.3, 0.4) is 0 Å². The van der Waals surface area contributed by atoms with Gasteiger partial charge in [-0.3, -0.25) is 4.79 Å². The third kappa shape index (κ3) is 4.89. The zero-order valence-electron chi connectivity index (χ0n) is 19.2. The van der Waals surface area contributed by atoms with E-state index in [-0.39, 0.29) is 46.8 Å². The molecule has 0 spiro atoms. The summed E-state index contributed by atoms with van der Waals surface area (Å²) >= 11 is 0. The van der Waals surface area contributed by atoms with Crippen LogP contribution >= 0.6 is 0 Å². The van der Waals surface area contributed by atoms with Crippen molar-refractivity contribution >= 4 is 11.9 Å². The van der Waals surface area contributed by atoms with Gasteiger partial charge in [-0.2, -0.15) is 0 Å². The second-order valence-corrected chi connectivity index (χ2v) is 8.21. The van der Waals surface area contributed by atoms with Gasteiger partial charge in [-0.15, -0.1) is 0 Å². The highest BCUT2D eigenvalue weighted by molar-refractivity contribution is 5.91. The lowest BCUT2D eigenvalue weighted by Crippen LogP contribution is -2.34. The van der Waals surface area contributed by atoms with Crippen molar-refractivity contribution in [3.8, 4) is 51.7 Å². The molecule has 0 saturated heterocycles. The standard InChI is InChI=1S/C25H22O12/c1-2-21(32)37-24-17(30)3-10(4-18(24)31)23-20(9-13-14(27)7-12(26)8-19(13)35-23)36-25(34)11-5-15(28)22(33)16(29)6-11/h3-8,20,23,26-31,33H,2,9H2,1H3/t20-,23-/m1/s1. The van der Waals surface area contributed by atoms with Crippen LogP contribution in [0.4, 0.5) is 0 Å². The van der Waals surface area contributed by atoms with E-state index in [0.717, 1.165) is 30.3 Å². The predicted octanol–water partition coefficient (Wildman–Crippen LogP) is 2.84. The Bertz CT molecular complexity index is 1350. The molecule has 12 heteroatoms. The maximum absolute atomic E-state index is 12.9. The Hall–Kier alpha value is -5.00. The zero-order chi connectivity index (χ0) is 27.0. The van der Waals surface area contributed by atoms with Crippen molar-refractivity contribution < 1.29 is 59.5 Å². The van der Waals surface area contributed by atoms with Crippen LogP contribution in [0.15, 0.2) is 36.4 Å². The molecule has 1 aliphatic rings. The van der Waals surface area contributed by atoms with E-state index in [2.05, 4.69) is 0 Å². The third-order valence-corrected chi connectivity index (χ3v) is 5.64. The number of esters is 2. The molecule has 194 valence electrons. The van der Waals surface area contributed by atoms with Gasteiger partial charge in [0.15, 0.2) is 34.9 Å². The van der Waals surface area contributed by atoms with Gasteiger partial charge in [0, 0.05) is 36.1 Å². The molecule has 3 aromatic carbocycles. The third-order valence-electron chi connectivity index (χ3n) is 5.64. The van der Waals surface area contributed by atoms with E-state index < -0.39 is 58.6 Å². The summed E-state index contributed by atoms with van der Waals surface area (Å²) in [6.45, 7) is 1.52. The van der Waals surface area contributed by atoms with Crippen molar-refractivity contribution in [3.05, 3.63) is 53.1 Å². The topological polar surface area (TPSA) is 203 Å². The molecule has 0 radical (unpaired) electrons. The zero-order valence-corrected chi connectivity index (χ0v) is 19.2. The highest BCUT2D eigenvalue weighted by Crippen LogP contribution is 2.46. The minimum absolute atomic E-state index is 0.0173. The molecule has 0 saturated carbocycles. The van der Waals surface area contributed by atoms with Crippen LogP contribution in [-0.2, 0) is 16.0 Å². The Labute approximate surface area is 208 Å². The molecule has 3 aromatic rings. The van der Waals surface area contributed by atoms with E-state index in [9.17, 15) is 45.3 Å². The van der Waals surface area contributed by atoms with Crippen LogP contribution in [-0.4, -0.2) is 53.8 Å². The molecule has 12 nitrogen and oxygen atoms in total. The first-order valence-electron chi connectivity index (χ1n) is 10.9. The van der Waals surface area contributed by atoms with Crippen LogP contribution in [0.2, 0.25) is 0 Å². The van der Waals surface area contributed by atoms with Gasteiger partial charge >= 0.3 is 11.9 Å². The number of ether oxygens (including phenoxy) is 3. The van der Waals surface area contributed by atoms with Crippen molar-refractivity contribution in [1.82, 2.24) is 0 Å². The van der Waals surface area contributed by atoms with Gasteiger partial charge in [-0.05, 0) is 24.3 Å². The molecule has 0 bridgehead atoms. The fraction of sp³-hybridized carbons (Fsp3) is 0.200. The van der Waals surface area contributed by atoms with Crippen molar-refractivity contribution in [2.45, 2.75) is 32.0 Å². The Morgan fingerprint density at radius 2 is 1.49 bits per heavy atom. The van der Waals surface area contributed by atoms with E-state index in [4.69, 9.17) is 14.2 Å². The molecular weight excluding hydrogens is 492 g/mol. The lowest BCUT2D eigenvalue weighted by atomic mass is 9.93. The lowest BCUT2D eigenvalue weighted by molar-refractivity contribution is -0.134. The predicted molar refractivity (Wildman–Crippen MR) is 123 cm³/mol. The highest BCUT2D eigenvalue weighted by Gasteiger charge is 2.37. The molecule has 7 N–H and O–H groups in total. The van der Waals surface area contributed by atoms with Crippen LogP contribution < -0.4 is 9.47 Å². The van der Waals surface area contributed by atoms with Gasteiger partial charge in [-0.1, -0.05) is 6.92 Å². The van der Waals surface area contributed by atoms with Gasteiger partial charge < -0.3 is 50.0 Å². The maximum Gasteiger partial charge on any atom is 0.338 e. The largest absolute Gasteiger partial charge is 0.508 e. The molecule has 0 aliphatic carbocycles. The van der Waals surface area contributed by atoms with E-state index in [1.165, 1.54) is 13.0 Å². The SMILES string of the molecule is CCC(=O)Oc1c(O)cc([C@H]2Oc3cc(O)cc(O)c3C[C@H]2OC(=O)c2cc(O)c(O)c(O)c2)cc1O. The Morgan fingerprint density at radius 3 is 2.08 bits per heavy atom. The molecular formula is C25H22O12. The summed E-state index contributed by atoms with van der Waals surface area (Å²) in [5.41, 5.74) is -0.0565. The Balaban J connectivity index is 1.74. The quantitative estimate of drug-likeness (QED) is 0.149. The number of carbonyl (C=O) groups is 2. The Morgan fingerprint density at radius 1 is 0.865 bits per heavy atom. The fourth-order valence-electron chi connectivity index (χ4n) is 3.84. The van der Waals surface area contributed by atoms with Crippen LogP contribution in [0.5, 0.6) is 51.7 Å². The molecule has 1 heterocycles. The normalized spacial score (nSPS) is 16.4. The van der Waals surface area contributed by atoms with E-state index in [1.54, 1.807) is 0 Å². The van der Waals surface area contributed by atoms with Gasteiger partial charge in [0.2, 0.25) is 5.75 Å². The molecule has 0 amide bonds. The highest BCUT2D eigenvalue weighted by atomic mass is 16.6. The molecule has 1 aliphatic heterocycles. The van der Waals surface area contributed by atoms with Gasteiger partial charge in [-0.25, -0.2) is 4.79 Å². The van der Waals surface area contributed by atoms with Crippen molar-refractivity contribution in [1.29, 1.82) is 0 Å². The summed E-state index contributed by atoms with van der Waals surface area (Å²) in [5.74, 6) is -6.44. The summed E-state index contributed by atoms with van der Waals surface area (Å²) in [5, 5.41) is 70.0. The van der Waals surface area contributed by atoms with Gasteiger partial charge in [0.25, 0.3) is 0 Å². The average Bonchev–Trinajstić information content (AvgIpc) is 2.84. The second-order valence-electron chi connectivity index (χ2n) is 8.21. The van der Waals surface area contributed by atoms with Gasteiger partial charge in [0.05, 0.1) is 5.56 Å². The van der Waals surface area contributed by atoms with Gasteiger partial charge in [0.1, 0.15) is 23.4 Å². The van der Waals surface area contributed by atoms with Crippen LogP contribution in [0.25, 0.3) is 0 Å². The minimum atomic E-state index is -1.22. The summed E-state index contributed by atoms with van der Waals surface area (Å²) in [7, 11) is 0. The number of benzene rings is 3. The first-order chi connectivity index (χ1) is 17.5. The van der Waals surface area contributed by atoms with E-state index in [0.29, 0.717) is 0 Å². The maximum atomic E-state index is 12.9. The summed E-state index contributed by atoms with van der Waals surface area (Å²) < 4.78 is 16.4. The lowest BCUT2D eigenvalue weighted by Gasteiger charge is -2.34. The van der Waals surface area contributed by atoms with Crippen molar-refractivity contribution in [2.75, 3.05) is 0 Å². The number of phenols is 7. The molecule has 0 aromatic heterocycles. The molecule has 0 unspecified atom stereocenters. The number of hydrogen-bond acceptors (Lipinski definition) is 12. The second kappa shape index (κ2) is 9.57. The van der Waals surface area contributed by atoms with Crippen molar-refractivity contribution in [2.24, 2.45) is 0 Å². The van der Waals surface area contributed by atoms with Crippen LogP contribution in [0, 0.1) is 0 Å². The number of hydrogen-bond donors (Lipinski definition) is 7. The smallest absolute Gasteiger partial charge is 0.338 e. The molecule has 2 atom stereocenters. The Kier molecular flexibility index (Phi) is 6.49. The average molecular weight is 514 g/mol. The fourth-order valence-corrected chi connectivity index (χ4v) is 3.84. The minimum Gasteiger partial charge on any atom is -0.508 e. The summed E-state index contributed by atoms with van der Waals surface area (Å²) in [4.78, 5) is 24.5. The number of carbonyl (C=O) groups excluding carboxylic acids is 2.